The van der Waals surface area contributed by atoms with Crippen molar-refractivity contribution in [2.24, 2.45) is 5.92 Å². The molecule has 2 rings (SSSR count). The van der Waals surface area contributed by atoms with Gasteiger partial charge in [0.2, 0.25) is 0 Å². The van der Waals surface area contributed by atoms with Crippen molar-refractivity contribution in [3.05, 3.63) is 42.0 Å². The molecule has 0 saturated heterocycles. The molecule has 0 bridgehead atoms. The number of rotatable bonds is 5. The zero-order valence-electron chi connectivity index (χ0n) is 12.2. The lowest BCUT2D eigenvalue weighted by atomic mass is 9.94. The summed E-state index contributed by atoms with van der Waals surface area (Å²) < 4.78 is 22.8. The fourth-order valence-corrected chi connectivity index (χ4v) is 3.14. The number of nitrogens with one attached hydrogen (secondary N) is 1. The van der Waals surface area contributed by atoms with Crippen LogP contribution in [0.1, 0.15) is 37.8 Å². The van der Waals surface area contributed by atoms with E-state index < -0.39 is 9.84 Å². The van der Waals surface area contributed by atoms with Gasteiger partial charge in [-0.3, -0.25) is 0 Å². The molecular weight excluding hydrogens is 270 g/mol. The SMILES string of the molecule is CC(NCC1CC=CCC1)c1ccc(S(C)(=O)=O)cc1. The predicted molar refractivity (Wildman–Crippen MR) is 82.5 cm³/mol. The minimum absolute atomic E-state index is 0.245. The van der Waals surface area contributed by atoms with E-state index in [1.165, 1.54) is 19.1 Å². The Hall–Kier alpha value is -1.13. The standard InChI is InChI=1S/C16H23NO2S/c1-13(17-12-14-6-4-3-5-7-14)15-8-10-16(11-9-15)20(2,18)19/h3-4,8-11,13-14,17H,5-7,12H2,1-2H3. The van der Waals surface area contributed by atoms with Crippen LogP contribution in [0, 0.1) is 5.92 Å². The molecule has 0 saturated carbocycles. The molecule has 110 valence electrons. The number of allylic oxidation sites excluding steroid dienone is 2. The molecule has 2 atom stereocenters. The summed E-state index contributed by atoms with van der Waals surface area (Å²) in [5.74, 6) is 0.720. The van der Waals surface area contributed by atoms with Gasteiger partial charge in [0.1, 0.15) is 0 Å². The van der Waals surface area contributed by atoms with Crippen LogP contribution in [0.4, 0.5) is 0 Å². The van der Waals surface area contributed by atoms with Gasteiger partial charge < -0.3 is 5.32 Å². The van der Waals surface area contributed by atoms with E-state index in [1.807, 2.05) is 12.1 Å². The monoisotopic (exact) mass is 293 g/mol. The largest absolute Gasteiger partial charge is 0.310 e. The molecular formula is C16H23NO2S. The van der Waals surface area contributed by atoms with Crippen molar-refractivity contribution in [1.82, 2.24) is 5.32 Å². The van der Waals surface area contributed by atoms with E-state index in [2.05, 4.69) is 24.4 Å². The van der Waals surface area contributed by atoms with Crippen molar-refractivity contribution in [2.75, 3.05) is 12.8 Å². The van der Waals surface area contributed by atoms with Crippen LogP contribution in [-0.4, -0.2) is 21.2 Å². The number of hydrogen-bond acceptors (Lipinski definition) is 3. The van der Waals surface area contributed by atoms with Gasteiger partial charge in [0, 0.05) is 12.3 Å². The van der Waals surface area contributed by atoms with Crippen LogP contribution in [0.15, 0.2) is 41.3 Å². The van der Waals surface area contributed by atoms with Crippen molar-refractivity contribution < 1.29 is 8.42 Å². The van der Waals surface area contributed by atoms with Crippen LogP contribution in [0.5, 0.6) is 0 Å². The van der Waals surface area contributed by atoms with Crippen LogP contribution in [0.2, 0.25) is 0 Å². The average molecular weight is 293 g/mol. The Kier molecular flexibility index (Phi) is 5.00. The molecule has 20 heavy (non-hydrogen) atoms. The summed E-state index contributed by atoms with van der Waals surface area (Å²) in [5.41, 5.74) is 1.13. The summed E-state index contributed by atoms with van der Waals surface area (Å²) in [4.78, 5) is 0.380. The zero-order valence-corrected chi connectivity index (χ0v) is 13.0. The molecule has 1 aliphatic carbocycles. The Morgan fingerprint density at radius 3 is 2.50 bits per heavy atom. The van der Waals surface area contributed by atoms with Gasteiger partial charge >= 0.3 is 0 Å². The molecule has 0 spiro atoms. The zero-order chi connectivity index (χ0) is 14.6. The maximum absolute atomic E-state index is 11.4. The van der Waals surface area contributed by atoms with Gasteiger partial charge in [-0.25, -0.2) is 8.42 Å². The molecule has 1 aromatic rings. The van der Waals surface area contributed by atoms with Gasteiger partial charge in [0.15, 0.2) is 9.84 Å². The van der Waals surface area contributed by atoms with Crippen molar-refractivity contribution >= 4 is 9.84 Å². The van der Waals surface area contributed by atoms with E-state index in [0.29, 0.717) is 4.90 Å². The highest BCUT2D eigenvalue weighted by Crippen LogP contribution is 2.20. The maximum Gasteiger partial charge on any atom is 0.175 e. The Balaban J connectivity index is 1.92. The first-order valence-electron chi connectivity index (χ1n) is 7.15. The van der Waals surface area contributed by atoms with Gasteiger partial charge in [0.25, 0.3) is 0 Å². The van der Waals surface area contributed by atoms with Crippen LogP contribution < -0.4 is 5.32 Å². The minimum atomic E-state index is -3.10. The lowest BCUT2D eigenvalue weighted by Crippen LogP contribution is -2.26. The fourth-order valence-electron chi connectivity index (χ4n) is 2.51. The first-order chi connectivity index (χ1) is 9.47. The van der Waals surface area contributed by atoms with Gasteiger partial charge in [-0.2, -0.15) is 0 Å². The molecule has 0 heterocycles. The summed E-state index contributed by atoms with van der Waals surface area (Å²) in [7, 11) is -3.10. The van der Waals surface area contributed by atoms with Crippen LogP contribution >= 0.6 is 0 Å². The molecule has 2 unspecified atom stereocenters. The van der Waals surface area contributed by atoms with Gasteiger partial charge in [-0.1, -0.05) is 24.3 Å². The van der Waals surface area contributed by atoms with Gasteiger partial charge in [-0.15, -0.1) is 0 Å². The summed E-state index contributed by atoms with van der Waals surface area (Å²) in [5, 5.41) is 3.54. The predicted octanol–water partition coefficient (Wildman–Crippen LogP) is 3.10. The molecule has 0 aliphatic heterocycles. The van der Waals surface area contributed by atoms with E-state index in [0.717, 1.165) is 24.4 Å². The van der Waals surface area contributed by atoms with E-state index in [1.54, 1.807) is 12.1 Å². The van der Waals surface area contributed by atoms with E-state index >= 15 is 0 Å². The number of sulfone groups is 1. The third kappa shape index (κ3) is 4.18. The summed E-state index contributed by atoms with van der Waals surface area (Å²) in [6, 6.07) is 7.41. The minimum Gasteiger partial charge on any atom is -0.310 e. The van der Waals surface area contributed by atoms with Crippen LogP contribution in [0.25, 0.3) is 0 Å². The molecule has 0 aromatic heterocycles. The van der Waals surface area contributed by atoms with Crippen molar-refractivity contribution in [3.63, 3.8) is 0 Å². The van der Waals surface area contributed by atoms with Crippen molar-refractivity contribution in [3.8, 4) is 0 Å². The van der Waals surface area contributed by atoms with Crippen molar-refractivity contribution in [1.29, 1.82) is 0 Å². The average Bonchev–Trinajstić information content (AvgIpc) is 2.45. The number of hydrogen-bond donors (Lipinski definition) is 1. The molecule has 1 aliphatic rings. The number of benzene rings is 1. The summed E-state index contributed by atoms with van der Waals surface area (Å²) in [6.07, 6.45) is 9.35. The van der Waals surface area contributed by atoms with Gasteiger partial charge in [-0.05, 0) is 56.3 Å². The Labute approximate surface area is 122 Å². The molecule has 0 fully saturated rings. The second-order valence-corrected chi connectivity index (χ2v) is 7.64. The summed E-state index contributed by atoms with van der Waals surface area (Å²) >= 11 is 0. The third-order valence-electron chi connectivity index (χ3n) is 3.90. The highest BCUT2D eigenvalue weighted by atomic mass is 32.2. The Bertz CT molecular complexity index is 561. The molecule has 1 N–H and O–H groups in total. The summed E-state index contributed by atoms with van der Waals surface area (Å²) in [6.45, 7) is 3.13. The van der Waals surface area contributed by atoms with Crippen molar-refractivity contribution in [2.45, 2.75) is 37.1 Å². The highest BCUT2D eigenvalue weighted by Gasteiger charge is 2.13. The normalized spacial score (nSPS) is 20.8. The second-order valence-electron chi connectivity index (χ2n) is 5.62. The fraction of sp³-hybridized carbons (Fsp3) is 0.500. The lowest BCUT2D eigenvalue weighted by molar-refractivity contribution is 0.415. The second kappa shape index (κ2) is 6.55. The molecule has 0 amide bonds. The van der Waals surface area contributed by atoms with E-state index in [-0.39, 0.29) is 6.04 Å². The maximum atomic E-state index is 11.4. The van der Waals surface area contributed by atoms with Crippen LogP contribution in [-0.2, 0) is 9.84 Å². The molecule has 0 radical (unpaired) electrons. The quantitative estimate of drug-likeness (QED) is 0.849. The molecule has 4 heteroatoms. The van der Waals surface area contributed by atoms with Crippen LogP contribution in [0.3, 0.4) is 0 Å². The first kappa shape index (κ1) is 15.3. The van der Waals surface area contributed by atoms with E-state index in [9.17, 15) is 8.42 Å². The first-order valence-corrected chi connectivity index (χ1v) is 9.04. The van der Waals surface area contributed by atoms with E-state index in [4.69, 9.17) is 0 Å². The molecule has 3 nitrogen and oxygen atoms in total. The Morgan fingerprint density at radius 1 is 1.25 bits per heavy atom. The Morgan fingerprint density at radius 2 is 1.95 bits per heavy atom. The molecule has 1 aromatic carbocycles. The smallest absolute Gasteiger partial charge is 0.175 e. The third-order valence-corrected chi connectivity index (χ3v) is 5.03. The lowest BCUT2D eigenvalue weighted by Gasteiger charge is -2.21. The van der Waals surface area contributed by atoms with Gasteiger partial charge in [0.05, 0.1) is 4.90 Å². The topological polar surface area (TPSA) is 46.2 Å². The highest BCUT2D eigenvalue weighted by molar-refractivity contribution is 7.90.